The standard InChI is InChI=1S/C36H47ClF3N7O6S/c1-34(2,3)53-33(49)46-22-23(20-35(46,4)5)9-7-8-16-45(6)28-12-10-25(21-41-28)54(50,51)44-32(48)26-11-13-29(42-31(26)37)47-17-14-30(43-47)52-18-15-24-19-27(24)36(38,39)40/h10-14,17,21,23-24,27H,7-9,15-16,18-20,22H2,1-6H3,(H,44,48). The van der Waals surface area contributed by atoms with Crippen molar-refractivity contribution in [2.24, 2.45) is 17.8 Å². The van der Waals surface area contributed by atoms with Crippen LogP contribution < -0.4 is 14.4 Å². The molecule has 2 amide bonds. The van der Waals surface area contributed by atoms with Crippen molar-refractivity contribution in [3.05, 3.63) is 53.4 Å². The highest BCUT2D eigenvalue weighted by atomic mass is 35.5. The van der Waals surface area contributed by atoms with Crippen molar-refractivity contribution in [1.29, 1.82) is 0 Å². The number of anilines is 1. The molecule has 3 aromatic heterocycles. The van der Waals surface area contributed by atoms with E-state index in [4.69, 9.17) is 21.1 Å². The van der Waals surface area contributed by atoms with E-state index < -0.39 is 39.5 Å². The second-order valence-corrected chi connectivity index (χ2v) is 17.6. The van der Waals surface area contributed by atoms with Crippen LogP contribution in [0.4, 0.5) is 23.8 Å². The summed E-state index contributed by atoms with van der Waals surface area (Å²) in [5, 5.41) is 3.91. The first kappa shape index (κ1) is 41.1. The number of hydrogen-bond acceptors (Lipinski definition) is 10. The maximum absolute atomic E-state index is 13.0. The molecule has 18 heteroatoms. The Morgan fingerprint density at radius 1 is 1.09 bits per heavy atom. The average Bonchev–Trinajstić information content (AvgIpc) is 3.59. The molecule has 0 radical (unpaired) electrons. The molecular formula is C36H47ClF3N7O6S. The molecule has 2 fully saturated rings. The van der Waals surface area contributed by atoms with Gasteiger partial charge in [-0.1, -0.05) is 18.0 Å². The third-order valence-corrected chi connectivity index (χ3v) is 11.1. The van der Waals surface area contributed by atoms with Gasteiger partial charge < -0.3 is 19.3 Å². The SMILES string of the molecule is CN(CCCCC1CN(C(=O)OC(C)(C)C)C(C)(C)C1)c1ccc(S(=O)(=O)NC(=O)c2ccc(-n3ccc(OCCC4CC4C(F)(F)F)n3)nc2Cl)cn1. The van der Waals surface area contributed by atoms with Gasteiger partial charge in [0.1, 0.15) is 21.5 Å². The second kappa shape index (κ2) is 15.9. The summed E-state index contributed by atoms with van der Waals surface area (Å²) in [5.41, 5.74) is -1.02. The van der Waals surface area contributed by atoms with Crippen LogP contribution in [0, 0.1) is 17.8 Å². The van der Waals surface area contributed by atoms with E-state index in [-0.39, 0.29) is 58.4 Å². The Balaban J connectivity index is 1.07. The van der Waals surface area contributed by atoms with Gasteiger partial charge in [0.05, 0.1) is 18.1 Å². The molecule has 3 unspecified atom stereocenters. The minimum absolute atomic E-state index is 0.0736. The lowest BCUT2D eigenvalue weighted by molar-refractivity contribution is -0.151. The minimum Gasteiger partial charge on any atom is -0.477 e. The van der Waals surface area contributed by atoms with E-state index in [1.807, 2.05) is 42.3 Å². The van der Waals surface area contributed by atoms with Crippen molar-refractivity contribution in [2.75, 3.05) is 31.6 Å². The number of unbranched alkanes of at least 4 members (excludes halogenated alkanes) is 1. The van der Waals surface area contributed by atoms with Crippen LogP contribution in [-0.4, -0.2) is 89.1 Å². The molecule has 3 atom stereocenters. The predicted molar refractivity (Wildman–Crippen MR) is 195 cm³/mol. The molecular weight excluding hydrogens is 751 g/mol. The molecule has 2 aliphatic rings. The van der Waals surface area contributed by atoms with E-state index in [0.29, 0.717) is 24.8 Å². The third-order valence-electron chi connectivity index (χ3n) is 9.54. The number of halogens is 4. The first-order valence-corrected chi connectivity index (χ1v) is 19.7. The van der Waals surface area contributed by atoms with Gasteiger partial charge in [0.2, 0.25) is 5.88 Å². The summed E-state index contributed by atoms with van der Waals surface area (Å²) in [6, 6.07) is 7.13. The smallest absolute Gasteiger partial charge is 0.410 e. The van der Waals surface area contributed by atoms with Crippen molar-refractivity contribution in [1.82, 2.24) is 29.4 Å². The van der Waals surface area contributed by atoms with E-state index in [9.17, 15) is 31.2 Å². The number of amides is 2. The van der Waals surface area contributed by atoms with Crippen molar-refractivity contribution >= 4 is 39.4 Å². The van der Waals surface area contributed by atoms with Crippen LogP contribution in [0.2, 0.25) is 5.15 Å². The molecule has 1 saturated heterocycles. The molecule has 54 heavy (non-hydrogen) atoms. The van der Waals surface area contributed by atoms with Gasteiger partial charge in [-0.15, -0.1) is 5.10 Å². The number of nitrogens with one attached hydrogen (secondary N) is 1. The van der Waals surface area contributed by atoms with Crippen LogP contribution in [0.25, 0.3) is 5.82 Å². The van der Waals surface area contributed by atoms with Gasteiger partial charge in [-0.25, -0.2) is 32.6 Å². The van der Waals surface area contributed by atoms with Gasteiger partial charge >= 0.3 is 12.3 Å². The fourth-order valence-electron chi connectivity index (χ4n) is 6.62. The predicted octanol–water partition coefficient (Wildman–Crippen LogP) is 7.04. The zero-order valence-electron chi connectivity index (χ0n) is 31.2. The Kier molecular flexibility index (Phi) is 12.1. The number of rotatable bonds is 14. The summed E-state index contributed by atoms with van der Waals surface area (Å²) in [5.74, 6) is -1.41. The molecule has 4 heterocycles. The van der Waals surface area contributed by atoms with E-state index in [1.165, 1.54) is 41.3 Å². The monoisotopic (exact) mass is 797 g/mol. The molecule has 0 spiro atoms. The van der Waals surface area contributed by atoms with E-state index >= 15 is 0 Å². The maximum Gasteiger partial charge on any atom is 0.410 e. The van der Waals surface area contributed by atoms with Crippen LogP contribution in [0.5, 0.6) is 5.88 Å². The Hall–Kier alpha value is -4.12. The summed E-state index contributed by atoms with van der Waals surface area (Å²) in [6.45, 7) is 11.1. The zero-order chi connectivity index (χ0) is 39.6. The molecule has 1 aliphatic carbocycles. The fourth-order valence-corrected chi connectivity index (χ4v) is 7.77. The van der Waals surface area contributed by atoms with Gasteiger partial charge in [-0.2, -0.15) is 13.2 Å². The molecule has 13 nitrogen and oxygen atoms in total. The van der Waals surface area contributed by atoms with Gasteiger partial charge in [0.25, 0.3) is 15.9 Å². The minimum atomic E-state index is -4.31. The van der Waals surface area contributed by atoms with Crippen molar-refractivity contribution < 1.29 is 40.7 Å². The van der Waals surface area contributed by atoms with Gasteiger partial charge in [0, 0.05) is 44.1 Å². The Bertz CT molecular complexity index is 1920. The molecule has 5 rings (SSSR count). The first-order chi connectivity index (χ1) is 25.1. The Labute approximate surface area is 318 Å². The number of pyridine rings is 2. The normalized spacial score (nSPS) is 19.7. The number of carbonyl (C=O) groups is 2. The molecule has 1 aliphatic heterocycles. The van der Waals surface area contributed by atoms with Gasteiger partial charge in [-0.3, -0.25) is 4.79 Å². The van der Waals surface area contributed by atoms with E-state index in [0.717, 1.165) is 25.7 Å². The van der Waals surface area contributed by atoms with Crippen LogP contribution >= 0.6 is 11.6 Å². The quantitative estimate of drug-likeness (QED) is 0.133. The van der Waals surface area contributed by atoms with E-state index in [2.05, 4.69) is 28.9 Å². The summed E-state index contributed by atoms with van der Waals surface area (Å²) >= 11 is 6.26. The highest BCUT2D eigenvalue weighted by Crippen LogP contribution is 2.51. The zero-order valence-corrected chi connectivity index (χ0v) is 32.8. The number of carbonyl (C=O) groups excluding carboxylic acids is 2. The average molecular weight is 798 g/mol. The summed E-state index contributed by atoms with van der Waals surface area (Å²) in [4.78, 5) is 37.7. The molecule has 296 valence electrons. The number of alkyl halides is 3. The molecule has 3 aromatic rings. The molecule has 1 N–H and O–H groups in total. The Morgan fingerprint density at radius 2 is 1.83 bits per heavy atom. The lowest BCUT2D eigenvalue weighted by Crippen LogP contribution is -2.45. The van der Waals surface area contributed by atoms with Gasteiger partial charge in [0.15, 0.2) is 5.82 Å². The molecule has 1 saturated carbocycles. The number of nitrogens with zero attached hydrogens (tertiary/aromatic N) is 6. The molecule has 0 bridgehead atoms. The summed E-state index contributed by atoms with van der Waals surface area (Å²) in [6.07, 6.45) is 2.24. The first-order valence-electron chi connectivity index (χ1n) is 17.8. The number of aromatic nitrogens is 4. The summed E-state index contributed by atoms with van der Waals surface area (Å²) < 4.78 is 78.7. The lowest BCUT2D eigenvalue weighted by Gasteiger charge is -2.33. The second-order valence-electron chi connectivity index (χ2n) is 15.6. The topological polar surface area (TPSA) is 149 Å². The van der Waals surface area contributed by atoms with Crippen molar-refractivity contribution in [2.45, 2.75) is 95.4 Å². The van der Waals surface area contributed by atoms with Gasteiger partial charge in [-0.05, 0) is 103 Å². The highest BCUT2D eigenvalue weighted by molar-refractivity contribution is 7.90. The van der Waals surface area contributed by atoms with Crippen LogP contribution in [0.1, 0.15) is 83.5 Å². The third kappa shape index (κ3) is 10.5. The highest BCUT2D eigenvalue weighted by Gasteiger charge is 2.55. The van der Waals surface area contributed by atoms with Crippen molar-refractivity contribution in [3.8, 4) is 11.7 Å². The van der Waals surface area contributed by atoms with Crippen LogP contribution in [-0.2, 0) is 14.8 Å². The van der Waals surface area contributed by atoms with E-state index in [1.54, 1.807) is 6.07 Å². The largest absolute Gasteiger partial charge is 0.477 e. The lowest BCUT2D eigenvalue weighted by atomic mass is 9.93. The number of ether oxygens (including phenoxy) is 2. The number of likely N-dealkylation sites (tertiary alicyclic amines) is 1. The Morgan fingerprint density at radius 3 is 2.46 bits per heavy atom. The number of hydrogen-bond donors (Lipinski definition) is 1. The maximum atomic E-state index is 13.0. The van der Waals surface area contributed by atoms with Crippen molar-refractivity contribution in [3.63, 3.8) is 0 Å². The van der Waals surface area contributed by atoms with Crippen LogP contribution in [0.15, 0.2) is 47.6 Å². The fraction of sp³-hybridized carbons (Fsp3) is 0.583. The van der Waals surface area contributed by atoms with Crippen LogP contribution in [0.3, 0.4) is 0 Å². The number of sulfonamides is 1. The molecule has 0 aromatic carbocycles. The summed E-state index contributed by atoms with van der Waals surface area (Å²) in [7, 11) is -2.45.